The average molecular weight is 323 g/mol. The van der Waals surface area contributed by atoms with Gasteiger partial charge in [0, 0.05) is 10.0 Å². The van der Waals surface area contributed by atoms with Crippen LogP contribution in [0.25, 0.3) is 0 Å². The van der Waals surface area contributed by atoms with E-state index in [2.05, 4.69) is 0 Å². The predicted molar refractivity (Wildman–Crippen MR) is 77.3 cm³/mol. The summed E-state index contributed by atoms with van der Waals surface area (Å²) in [5.41, 5.74) is 0.531. The molecule has 0 unspecified atom stereocenters. The van der Waals surface area contributed by atoms with Gasteiger partial charge in [-0.1, -0.05) is 42.1 Å². The van der Waals surface area contributed by atoms with Crippen LogP contribution >= 0.6 is 23.2 Å². The van der Waals surface area contributed by atoms with Gasteiger partial charge in [-0.05, 0) is 30.5 Å². The minimum atomic E-state index is -3.40. The van der Waals surface area contributed by atoms with Crippen molar-refractivity contribution in [2.75, 3.05) is 0 Å². The topological polar surface area (TPSA) is 54.4 Å². The molecule has 0 heterocycles. The Hall–Kier alpha value is -0.290. The molecule has 1 saturated carbocycles. The van der Waals surface area contributed by atoms with Crippen LogP contribution in [0.4, 0.5) is 0 Å². The Morgan fingerprint density at radius 1 is 1.21 bits per heavy atom. The van der Waals surface area contributed by atoms with E-state index >= 15 is 0 Å². The maximum Gasteiger partial charge on any atom is 0.159 e. The predicted octanol–water partition coefficient (Wildman–Crippen LogP) is 3.21. The molecule has 1 fully saturated rings. The fraction of sp³-hybridized carbons (Fsp3) is 0.538. The average Bonchev–Trinajstić information content (AvgIpc) is 2.33. The zero-order valence-electron chi connectivity index (χ0n) is 10.4. The van der Waals surface area contributed by atoms with E-state index < -0.39 is 21.2 Å². The van der Waals surface area contributed by atoms with Crippen LogP contribution in [0.2, 0.25) is 10.0 Å². The molecule has 0 spiro atoms. The van der Waals surface area contributed by atoms with Gasteiger partial charge in [-0.15, -0.1) is 0 Å². The quantitative estimate of drug-likeness (QED) is 0.929. The van der Waals surface area contributed by atoms with Crippen LogP contribution < -0.4 is 0 Å². The first-order valence-electron chi connectivity index (χ1n) is 6.24. The largest absolute Gasteiger partial charge is 0.392 e. The molecule has 0 radical (unpaired) electrons. The molecule has 3 nitrogen and oxygen atoms in total. The highest BCUT2D eigenvalue weighted by Crippen LogP contribution is 2.29. The van der Waals surface area contributed by atoms with Gasteiger partial charge in [0.25, 0.3) is 0 Å². The van der Waals surface area contributed by atoms with Crippen LogP contribution in [0.1, 0.15) is 31.2 Å². The van der Waals surface area contributed by atoms with Gasteiger partial charge in [0.05, 0.1) is 17.1 Å². The fourth-order valence-electron chi connectivity index (χ4n) is 2.46. The monoisotopic (exact) mass is 322 g/mol. The first-order valence-corrected chi connectivity index (χ1v) is 8.71. The smallest absolute Gasteiger partial charge is 0.159 e. The molecule has 1 aromatic carbocycles. The van der Waals surface area contributed by atoms with E-state index in [0.717, 1.165) is 12.8 Å². The zero-order valence-corrected chi connectivity index (χ0v) is 12.7. The first-order chi connectivity index (χ1) is 8.90. The molecule has 1 aliphatic rings. The fourth-order valence-corrected chi connectivity index (χ4v) is 5.05. The molecule has 2 atom stereocenters. The van der Waals surface area contributed by atoms with Gasteiger partial charge in [0.2, 0.25) is 0 Å². The van der Waals surface area contributed by atoms with Gasteiger partial charge in [0.15, 0.2) is 9.84 Å². The minimum absolute atomic E-state index is 0.148. The van der Waals surface area contributed by atoms with Gasteiger partial charge in [-0.25, -0.2) is 8.42 Å². The molecule has 1 N–H and O–H groups in total. The lowest BCUT2D eigenvalue weighted by Crippen LogP contribution is -2.37. The Bertz CT molecular complexity index is 557. The van der Waals surface area contributed by atoms with Crippen LogP contribution in [0.5, 0.6) is 0 Å². The van der Waals surface area contributed by atoms with Gasteiger partial charge in [-0.2, -0.15) is 0 Å². The maximum absolute atomic E-state index is 12.4. The van der Waals surface area contributed by atoms with E-state index in [9.17, 15) is 13.5 Å². The highest BCUT2D eigenvalue weighted by Gasteiger charge is 2.34. The molecule has 0 bridgehead atoms. The Morgan fingerprint density at radius 3 is 2.53 bits per heavy atom. The number of rotatable bonds is 3. The maximum atomic E-state index is 12.4. The van der Waals surface area contributed by atoms with Crippen molar-refractivity contribution in [2.24, 2.45) is 0 Å². The number of halogens is 2. The third kappa shape index (κ3) is 3.63. The summed E-state index contributed by atoms with van der Waals surface area (Å²) >= 11 is 11.8. The Morgan fingerprint density at radius 2 is 1.89 bits per heavy atom. The van der Waals surface area contributed by atoms with E-state index in [-0.39, 0.29) is 5.75 Å². The summed E-state index contributed by atoms with van der Waals surface area (Å²) in [6, 6.07) is 4.78. The molecule has 19 heavy (non-hydrogen) atoms. The zero-order chi connectivity index (χ0) is 14.0. The van der Waals surface area contributed by atoms with E-state index in [0.29, 0.717) is 28.5 Å². The molecule has 0 saturated heterocycles. The molecule has 106 valence electrons. The second-order valence-electron chi connectivity index (χ2n) is 4.93. The van der Waals surface area contributed by atoms with Crippen LogP contribution in [0, 0.1) is 0 Å². The summed E-state index contributed by atoms with van der Waals surface area (Å²) in [5.74, 6) is -0.148. The Kier molecular flexibility index (Phi) is 4.77. The number of hydrogen-bond acceptors (Lipinski definition) is 3. The summed E-state index contributed by atoms with van der Waals surface area (Å²) in [5, 5.41) is 10.0. The summed E-state index contributed by atoms with van der Waals surface area (Å²) in [6.07, 6.45) is 2.04. The summed E-state index contributed by atoms with van der Waals surface area (Å²) in [6.45, 7) is 0. The molecule has 2 rings (SSSR count). The molecule has 0 aromatic heterocycles. The normalized spacial score (nSPS) is 24.4. The molecular formula is C13H16Cl2O3S. The molecule has 0 aliphatic heterocycles. The van der Waals surface area contributed by atoms with Crippen molar-refractivity contribution in [3.05, 3.63) is 33.8 Å². The van der Waals surface area contributed by atoms with Crippen molar-refractivity contribution in [1.29, 1.82) is 0 Å². The van der Waals surface area contributed by atoms with Gasteiger partial charge in [0.1, 0.15) is 0 Å². The van der Waals surface area contributed by atoms with Crippen LogP contribution in [0.15, 0.2) is 18.2 Å². The summed E-state index contributed by atoms with van der Waals surface area (Å²) in [4.78, 5) is 0. The van der Waals surface area contributed by atoms with Crippen molar-refractivity contribution in [3.8, 4) is 0 Å². The first kappa shape index (κ1) is 15.1. The van der Waals surface area contributed by atoms with Gasteiger partial charge in [-0.3, -0.25) is 0 Å². The highest BCUT2D eigenvalue weighted by molar-refractivity contribution is 7.91. The van der Waals surface area contributed by atoms with Crippen LogP contribution in [0.3, 0.4) is 0 Å². The second-order valence-corrected chi connectivity index (χ2v) is 8.00. The Labute approximate surface area is 123 Å². The third-order valence-electron chi connectivity index (χ3n) is 3.50. The number of aliphatic hydroxyl groups is 1. The minimum Gasteiger partial charge on any atom is -0.392 e. The lowest BCUT2D eigenvalue weighted by atomic mass is 9.97. The van der Waals surface area contributed by atoms with E-state index in [1.165, 1.54) is 6.07 Å². The number of aliphatic hydroxyl groups excluding tert-OH is 1. The SMILES string of the molecule is O=S(=O)(Cc1ccc(Cl)cc1Cl)[C@H]1CCCC[C@@H]1O. The van der Waals surface area contributed by atoms with Crippen molar-refractivity contribution in [3.63, 3.8) is 0 Å². The van der Waals surface area contributed by atoms with Crippen LogP contribution in [-0.4, -0.2) is 24.9 Å². The lowest BCUT2D eigenvalue weighted by Gasteiger charge is -2.27. The Balaban J connectivity index is 2.20. The third-order valence-corrected chi connectivity index (χ3v) is 6.27. The highest BCUT2D eigenvalue weighted by atomic mass is 35.5. The second kappa shape index (κ2) is 6.00. The molecule has 6 heteroatoms. The van der Waals surface area contributed by atoms with Crippen molar-refractivity contribution < 1.29 is 13.5 Å². The summed E-state index contributed by atoms with van der Waals surface area (Å²) in [7, 11) is -3.40. The van der Waals surface area contributed by atoms with E-state index in [1.54, 1.807) is 12.1 Å². The molecular weight excluding hydrogens is 307 g/mol. The van der Waals surface area contributed by atoms with E-state index in [4.69, 9.17) is 23.2 Å². The number of benzene rings is 1. The van der Waals surface area contributed by atoms with Gasteiger partial charge >= 0.3 is 0 Å². The molecule has 0 amide bonds. The van der Waals surface area contributed by atoms with Crippen molar-refractivity contribution >= 4 is 33.0 Å². The van der Waals surface area contributed by atoms with Crippen molar-refractivity contribution in [2.45, 2.75) is 42.8 Å². The number of sulfone groups is 1. The van der Waals surface area contributed by atoms with Gasteiger partial charge < -0.3 is 5.11 Å². The van der Waals surface area contributed by atoms with Crippen molar-refractivity contribution in [1.82, 2.24) is 0 Å². The number of hydrogen-bond donors (Lipinski definition) is 1. The molecule has 1 aromatic rings. The summed E-state index contributed by atoms with van der Waals surface area (Å²) < 4.78 is 24.7. The standard InChI is InChI=1S/C13H16Cl2O3S/c14-10-6-5-9(11(15)7-10)8-19(17,18)13-4-2-1-3-12(13)16/h5-7,12-13,16H,1-4,8H2/t12-,13-/m0/s1. The lowest BCUT2D eigenvalue weighted by molar-refractivity contribution is 0.133. The molecule has 1 aliphatic carbocycles. The van der Waals surface area contributed by atoms with Crippen LogP contribution in [-0.2, 0) is 15.6 Å². The van der Waals surface area contributed by atoms with E-state index in [1.807, 2.05) is 0 Å².